The number of amides is 2. The lowest BCUT2D eigenvalue weighted by Crippen LogP contribution is -2.27. The molecule has 4 aromatic rings. The lowest BCUT2D eigenvalue weighted by molar-refractivity contribution is -0.0902. The topological polar surface area (TPSA) is 124 Å². The van der Waals surface area contributed by atoms with Crippen molar-refractivity contribution < 1.29 is 22.8 Å². The Bertz CT molecular complexity index is 1670. The van der Waals surface area contributed by atoms with Crippen LogP contribution in [0.3, 0.4) is 0 Å². The molecule has 1 aliphatic rings. The molecule has 0 spiro atoms. The zero-order chi connectivity index (χ0) is 30.4. The molecule has 0 radical (unpaired) electrons. The molecule has 218 valence electrons. The number of aromatic nitrogens is 3. The van der Waals surface area contributed by atoms with Gasteiger partial charge in [0, 0.05) is 42.2 Å². The van der Waals surface area contributed by atoms with E-state index in [9.17, 15) is 22.8 Å². The third-order valence-electron chi connectivity index (χ3n) is 6.70. The van der Waals surface area contributed by atoms with Crippen LogP contribution in [0.2, 0.25) is 0 Å². The summed E-state index contributed by atoms with van der Waals surface area (Å²) in [5, 5.41) is 20.3. The molecular weight excluding hydrogens is 559 g/mol. The van der Waals surface area contributed by atoms with Crippen molar-refractivity contribution >= 4 is 29.2 Å². The highest BCUT2D eigenvalue weighted by Gasteiger charge is 2.34. The van der Waals surface area contributed by atoms with Gasteiger partial charge in [0.15, 0.2) is 11.6 Å². The van der Waals surface area contributed by atoms with Crippen molar-refractivity contribution in [3.05, 3.63) is 114 Å². The van der Waals surface area contributed by atoms with Gasteiger partial charge >= 0.3 is 6.18 Å². The van der Waals surface area contributed by atoms with E-state index in [1.165, 1.54) is 36.7 Å². The molecule has 0 saturated carbocycles. The van der Waals surface area contributed by atoms with Crippen molar-refractivity contribution in [3.63, 3.8) is 0 Å². The highest BCUT2D eigenvalue weighted by Crippen LogP contribution is 2.27. The summed E-state index contributed by atoms with van der Waals surface area (Å²) >= 11 is 0. The maximum Gasteiger partial charge on any atom is 0.431 e. The quantitative estimate of drug-likeness (QED) is 0.220. The predicted molar refractivity (Wildman–Crippen MR) is 156 cm³/mol. The molecule has 1 saturated heterocycles. The Morgan fingerprint density at radius 3 is 2.02 bits per heavy atom. The average molecular weight is 586 g/mol. The van der Waals surface area contributed by atoms with Crippen molar-refractivity contribution in [1.29, 1.82) is 5.41 Å². The van der Waals surface area contributed by atoms with E-state index in [0.717, 1.165) is 37.1 Å². The largest absolute Gasteiger partial charge is 0.431 e. The molecule has 0 atom stereocenters. The number of hydrogen-bond donors (Lipinski definition) is 3. The van der Waals surface area contributed by atoms with E-state index in [1.54, 1.807) is 36.4 Å². The summed E-state index contributed by atoms with van der Waals surface area (Å²) in [6.07, 6.45) is 0.572. The first-order chi connectivity index (χ1) is 20.7. The second-order valence-corrected chi connectivity index (χ2v) is 9.76. The molecule has 12 heteroatoms. The number of benzene rings is 2. The van der Waals surface area contributed by atoms with Gasteiger partial charge < -0.3 is 20.9 Å². The fourth-order valence-corrected chi connectivity index (χ4v) is 4.51. The number of carbonyl (C=O) groups excluding carboxylic acids is 2. The standard InChI is InChI=1S/C31H26F3N7O2/c32-31(33,34)26(18-25(35)24-10-5-13-36-19-24)37-27-11-12-28(40-39-27)38-29(42)22-8-3-6-20(16-22)21-7-4-9-23(17-21)30(43)41-14-1-2-15-41/h3-13,16-19,35H,1-2,14-15H2,(H,37,39)(H,38,40,42)/b26-18-,35-25?. The van der Waals surface area contributed by atoms with Crippen LogP contribution < -0.4 is 10.6 Å². The minimum absolute atomic E-state index is 0.0191. The van der Waals surface area contributed by atoms with Gasteiger partial charge in [0.05, 0.1) is 5.71 Å². The van der Waals surface area contributed by atoms with Gasteiger partial charge in [0.2, 0.25) is 0 Å². The summed E-state index contributed by atoms with van der Waals surface area (Å²) in [7, 11) is 0. The molecule has 0 unspecified atom stereocenters. The molecule has 2 aromatic heterocycles. The average Bonchev–Trinajstić information content (AvgIpc) is 3.56. The monoisotopic (exact) mass is 585 g/mol. The number of halogens is 3. The van der Waals surface area contributed by atoms with Crippen LogP contribution in [0.4, 0.5) is 24.8 Å². The van der Waals surface area contributed by atoms with Crippen LogP contribution >= 0.6 is 0 Å². The lowest BCUT2D eigenvalue weighted by atomic mass is 10.0. The van der Waals surface area contributed by atoms with E-state index in [0.29, 0.717) is 17.2 Å². The molecular formula is C31H26F3N7O2. The van der Waals surface area contributed by atoms with Gasteiger partial charge in [-0.1, -0.05) is 24.3 Å². The number of carbonyl (C=O) groups is 2. The molecule has 0 aliphatic carbocycles. The van der Waals surface area contributed by atoms with Gasteiger partial charge in [0.25, 0.3) is 11.8 Å². The molecule has 3 N–H and O–H groups in total. The Labute approximate surface area is 245 Å². The molecule has 2 amide bonds. The van der Waals surface area contributed by atoms with Crippen LogP contribution in [0.1, 0.15) is 39.1 Å². The van der Waals surface area contributed by atoms with Gasteiger partial charge in [-0.15, -0.1) is 10.2 Å². The summed E-state index contributed by atoms with van der Waals surface area (Å²) in [6.45, 7) is 1.49. The number of allylic oxidation sites excluding steroid dienone is 2. The molecule has 5 rings (SSSR count). The second kappa shape index (κ2) is 12.6. The first kappa shape index (κ1) is 29.1. The number of nitrogens with zero attached hydrogens (tertiary/aromatic N) is 4. The Morgan fingerprint density at radius 2 is 1.42 bits per heavy atom. The molecule has 3 heterocycles. The highest BCUT2D eigenvalue weighted by atomic mass is 19.4. The number of hydrogen-bond acceptors (Lipinski definition) is 7. The first-order valence-electron chi connectivity index (χ1n) is 13.4. The van der Waals surface area contributed by atoms with Crippen LogP contribution in [0.25, 0.3) is 11.1 Å². The van der Waals surface area contributed by atoms with Crippen LogP contribution in [0, 0.1) is 5.41 Å². The maximum atomic E-state index is 13.6. The lowest BCUT2D eigenvalue weighted by Gasteiger charge is -2.16. The number of nitrogens with one attached hydrogen (secondary N) is 3. The Kier molecular flexibility index (Phi) is 8.56. The van der Waals surface area contributed by atoms with Crippen molar-refractivity contribution in [2.45, 2.75) is 19.0 Å². The zero-order valence-electron chi connectivity index (χ0n) is 22.7. The van der Waals surface area contributed by atoms with E-state index in [4.69, 9.17) is 5.41 Å². The summed E-state index contributed by atoms with van der Waals surface area (Å²) < 4.78 is 40.9. The van der Waals surface area contributed by atoms with E-state index >= 15 is 0 Å². The number of pyridine rings is 1. The number of likely N-dealkylation sites (tertiary alicyclic amines) is 1. The number of rotatable bonds is 8. The van der Waals surface area contributed by atoms with Crippen LogP contribution in [0.5, 0.6) is 0 Å². The number of anilines is 2. The fraction of sp³-hybridized carbons (Fsp3) is 0.161. The number of alkyl halides is 3. The Hall–Kier alpha value is -5.39. The minimum atomic E-state index is -4.80. The minimum Gasteiger partial charge on any atom is -0.339 e. The van der Waals surface area contributed by atoms with Crippen LogP contribution in [-0.2, 0) is 0 Å². The van der Waals surface area contributed by atoms with Crippen molar-refractivity contribution in [3.8, 4) is 11.1 Å². The van der Waals surface area contributed by atoms with Gasteiger partial charge in [-0.05, 0) is 78.6 Å². The van der Waals surface area contributed by atoms with Crippen molar-refractivity contribution in [1.82, 2.24) is 20.1 Å². The van der Waals surface area contributed by atoms with Gasteiger partial charge in [-0.25, -0.2) is 0 Å². The molecule has 0 bridgehead atoms. The molecule has 1 aliphatic heterocycles. The molecule has 1 fully saturated rings. The first-order valence-corrected chi connectivity index (χ1v) is 13.4. The smallest absolute Gasteiger partial charge is 0.339 e. The Morgan fingerprint density at radius 1 is 0.814 bits per heavy atom. The van der Waals surface area contributed by atoms with Crippen molar-refractivity contribution in [2.75, 3.05) is 23.7 Å². The zero-order valence-corrected chi connectivity index (χ0v) is 22.7. The summed E-state index contributed by atoms with van der Waals surface area (Å²) in [6, 6.07) is 19.6. The van der Waals surface area contributed by atoms with Crippen LogP contribution in [0.15, 0.2) is 97.0 Å². The third-order valence-corrected chi connectivity index (χ3v) is 6.70. The summed E-state index contributed by atoms with van der Waals surface area (Å²) in [4.78, 5) is 31.4. The van der Waals surface area contributed by atoms with E-state index < -0.39 is 23.5 Å². The normalized spacial score (nSPS) is 13.5. The second-order valence-electron chi connectivity index (χ2n) is 9.76. The molecule has 43 heavy (non-hydrogen) atoms. The van der Waals surface area contributed by atoms with E-state index in [2.05, 4.69) is 25.8 Å². The molecule has 9 nitrogen and oxygen atoms in total. The fourth-order valence-electron chi connectivity index (χ4n) is 4.51. The Balaban J connectivity index is 1.27. The molecule has 2 aromatic carbocycles. The van der Waals surface area contributed by atoms with Gasteiger partial charge in [0.1, 0.15) is 5.70 Å². The van der Waals surface area contributed by atoms with E-state index in [-0.39, 0.29) is 23.1 Å². The SMILES string of the molecule is N=C(/C=C(\Nc1ccc(NC(=O)c2cccc(-c3cccc(C(=O)N4CCCC4)c3)c2)nn1)C(F)(F)F)c1cccnc1. The predicted octanol–water partition coefficient (Wildman–Crippen LogP) is 5.95. The third kappa shape index (κ3) is 7.28. The summed E-state index contributed by atoms with van der Waals surface area (Å²) in [5.74, 6) is -0.720. The van der Waals surface area contributed by atoms with E-state index in [1.807, 2.05) is 17.0 Å². The van der Waals surface area contributed by atoms with Crippen molar-refractivity contribution in [2.24, 2.45) is 0 Å². The highest BCUT2D eigenvalue weighted by molar-refractivity contribution is 6.07. The maximum absolute atomic E-state index is 13.6. The van der Waals surface area contributed by atoms with Crippen LogP contribution in [-0.4, -0.2) is 56.9 Å². The summed E-state index contributed by atoms with van der Waals surface area (Å²) in [5.41, 5.74) is 1.01. The van der Waals surface area contributed by atoms with Gasteiger partial charge in [-0.3, -0.25) is 14.6 Å². The van der Waals surface area contributed by atoms with Gasteiger partial charge in [-0.2, -0.15) is 13.2 Å².